The number of hydrogen-bond acceptors (Lipinski definition) is 2. The van der Waals surface area contributed by atoms with Crippen LogP contribution in [-0.2, 0) is 12.8 Å². The SMILES string of the molecule is c1cc2c(c(NC3CCSC3)c1)CCCC2. The summed E-state index contributed by atoms with van der Waals surface area (Å²) < 4.78 is 0. The smallest absolute Gasteiger partial charge is 0.0377 e. The number of benzene rings is 1. The number of nitrogens with one attached hydrogen (secondary N) is 1. The second kappa shape index (κ2) is 4.70. The van der Waals surface area contributed by atoms with Crippen LogP contribution < -0.4 is 5.32 Å². The summed E-state index contributed by atoms with van der Waals surface area (Å²) in [5.74, 6) is 2.61. The third-order valence-electron chi connectivity index (χ3n) is 3.69. The molecule has 1 aliphatic heterocycles. The van der Waals surface area contributed by atoms with Gasteiger partial charge in [0.25, 0.3) is 0 Å². The van der Waals surface area contributed by atoms with Gasteiger partial charge in [-0.05, 0) is 55.1 Å². The lowest BCUT2D eigenvalue weighted by molar-refractivity contribution is 0.684. The summed E-state index contributed by atoms with van der Waals surface area (Å²) in [6.45, 7) is 0. The molecule has 0 amide bonds. The second-order valence-corrected chi connectivity index (χ2v) is 6.01. The molecular formula is C14H19NS. The lowest BCUT2D eigenvalue weighted by Gasteiger charge is -2.22. The number of hydrogen-bond donors (Lipinski definition) is 1. The molecule has 2 aliphatic rings. The highest BCUT2D eigenvalue weighted by Crippen LogP contribution is 2.30. The average Bonchev–Trinajstić information content (AvgIpc) is 2.82. The largest absolute Gasteiger partial charge is 0.381 e. The second-order valence-electron chi connectivity index (χ2n) is 4.86. The van der Waals surface area contributed by atoms with Gasteiger partial charge in [0.2, 0.25) is 0 Å². The minimum atomic E-state index is 0.707. The van der Waals surface area contributed by atoms with Gasteiger partial charge in [0, 0.05) is 17.5 Å². The van der Waals surface area contributed by atoms with E-state index in [1.54, 1.807) is 11.1 Å². The summed E-state index contributed by atoms with van der Waals surface area (Å²) in [6, 6.07) is 7.50. The molecule has 1 fully saturated rings. The van der Waals surface area contributed by atoms with Gasteiger partial charge in [-0.2, -0.15) is 11.8 Å². The fraction of sp³-hybridized carbons (Fsp3) is 0.571. The Morgan fingerprint density at radius 1 is 1.19 bits per heavy atom. The molecule has 1 N–H and O–H groups in total. The maximum Gasteiger partial charge on any atom is 0.0377 e. The quantitative estimate of drug-likeness (QED) is 0.839. The van der Waals surface area contributed by atoms with Crippen LogP contribution in [0.5, 0.6) is 0 Å². The van der Waals surface area contributed by atoms with Crippen LogP contribution in [0.4, 0.5) is 5.69 Å². The molecule has 86 valence electrons. The molecule has 1 nitrogen and oxygen atoms in total. The molecule has 1 aliphatic carbocycles. The van der Waals surface area contributed by atoms with Crippen LogP contribution in [0.3, 0.4) is 0 Å². The van der Waals surface area contributed by atoms with Gasteiger partial charge >= 0.3 is 0 Å². The van der Waals surface area contributed by atoms with Gasteiger partial charge in [0.15, 0.2) is 0 Å². The van der Waals surface area contributed by atoms with Gasteiger partial charge in [0.05, 0.1) is 0 Å². The Labute approximate surface area is 102 Å². The summed E-state index contributed by atoms with van der Waals surface area (Å²) in [5, 5.41) is 3.75. The van der Waals surface area contributed by atoms with E-state index in [1.807, 2.05) is 0 Å². The zero-order valence-electron chi connectivity index (χ0n) is 9.67. The first-order valence-electron chi connectivity index (χ1n) is 6.38. The lowest BCUT2D eigenvalue weighted by Crippen LogP contribution is -2.20. The molecule has 0 spiro atoms. The Kier molecular flexibility index (Phi) is 3.09. The van der Waals surface area contributed by atoms with Gasteiger partial charge < -0.3 is 5.32 Å². The fourth-order valence-corrected chi connectivity index (χ4v) is 3.94. The van der Waals surface area contributed by atoms with Gasteiger partial charge in [-0.3, -0.25) is 0 Å². The molecule has 2 heteroatoms. The van der Waals surface area contributed by atoms with Crippen molar-refractivity contribution in [2.45, 2.75) is 38.1 Å². The Morgan fingerprint density at radius 3 is 3.00 bits per heavy atom. The van der Waals surface area contributed by atoms with Gasteiger partial charge in [-0.25, -0.2) is 0 Å². The zero-order valence-corrected chi connectivity index (χ0v) is 10.5. The van der Waals surface area contributed by atoms with Crippen molar-refractivity contribution >= 4 is 17.4 Å². The predicted molar refractivity (Wildman–Crippen MR) is 72.4 cm³/mol. The maximum atomic E-state index is 3.75. The van der Waals surface area contributed by atoms with Crippen LogP contribution in [0.25, 0.3) is 0 Å². The number of aryl methyl sites for hydroxylation is 1. The van der Waals surface area contributed by atoms with Gasteiger partial charge in [0.1, 0.15) is 0 Å². The number of anilines is 1. The molecule has 1 unspecified atom stereocenters. The van der Waals surface area contributed by atoms with Crippen LogP contribution >= 0.6 is 11.8 Å². The molecule has 1 heterocycles. The van der Waals surface area contributed by atoms with Crippen LogP contribution in [-0.4, -0.2) is 17.5 Å². The highest BCUT2D eigenvalue weighted by Gasteiger charge is 2.18. The van der Waals surface area contributed by atoms with E-state index < -0.39 is 0 Å². The summed E-state index contributed by atoms with van der Waals surface area (Å²) in [7, 11) is 0. The molecular weight excluding hydrogens is 214 g/mol. The Balaban J connectivity index is 1.82. The third-order valence-corrected chi connectivity index (χ3v) is 4.85. The minimum Gasteiger partial charge on any atom is -0.381 e. The molecule has 0 bridgehead atoms. The number of thioether (sulfide) groups is 1. The first kappa shape index (κ1) is 10.5. The van der Waals surface area contributed by atoms with Crippen molar-refractivity contribution in [1.82, 2.24) is 0 Å². The average molecular weight is 233 g/mol. The van der Waals surface area contributed by atoms with E-state index in [0.717, 1.165) is 0 Å². The molecule has 0 radical (unpaired) electrons. The monoisotopic (exact) mass is 233 g/mol. The van der Waals surface area contributed by atoms with E-state index >= 15 is 0 Å². The Hall–Kier alpha value is -0.630. The third kappa shape index (κ3) is 2.08. The number of rotatable bonds is 2. The first-order chi connectivity index (χ1) is 7.93. The van der Waals surface area contributed by atoms with E-state index in [2.05, 4.69) is 35.3 Å². The topological polar surface area (TPSA) is 12.0 Å². The Morgan fingerprint density at radius 2 is 2.12 bits per heavy atom. The molecule has 1 atom stereocenters. The molecule has 3 rings (SSSR count). The van der Waals surface area contributed by atoms with Crippen molar-refractivity contribution in [2.75, 3.05) is 16.8 Å². The van der Waals surface area contributed by atoms with E-state index in [0.29, 0.717) is 6.04 Å². The normalized spacial score (nSPS) is 24.1. The fourth-order valence-electron chi connectivity index (χ4n) is 2.78. The maximum absolute atomic E-state index is 3.75. The predicted octanol–water partition coefficient (Wildman–Crippen LogP) is 3.48. The van der Waals surface area contributed by atoms with E-state index in [1.165, 1.54) is 49.3 Å². The van der Waals surface area contributed by atoms with Crippen molar-refractivity contribution in [1.29, 1.82) is 0 Å². The van der Waals surface area contributed by atoms with Gasteiger partial charge in [-0.1, -0.05) is 12.1 Å². The highest BCUT2D eigenvalue weighted by molar-refractivity contribution is 7.99. The molecule has 1 saturated heterocycles. The molecule has 0 saturated carbocycles. The van der Waals surface area contributed by atoms with Crippen LogP contribution in [0.1, 0.15) is 30.4 Å². The van der Waals surface area contributed by atoms with Crippen molar-refractivity contribution in [2.24, 2.45) is 0 Å². The first-order valence-corrected chi connectivity index (χ1v) is 7.54. The van der Waals surface area contributed by atoms with Crippen molar-refractivity contribution < 1.29 is 0 Å². The lowest BCUT2D eigenvalue weighted by atomic mass is 9.90. The number of fused-ring (bicyclic) bond motifs is 1. The summed E-state index contributed by atoms with van der Waals surface area (Å²) in [5.41, 5.74) is 4.61. The standard InChI is InChI=1S/C14H19NS/c1-2-6-13-11(4-1)5-3-7-14(13)15-12-8-9-16-10-12/h3,5,7,12,15H,1-2,4,6,8-10H2. The summed E-state index contributed by atoms with van der Waals surface area (Å²) in [4.78, 5) is 0. The molecule has 0 aromatic heterocycles. The Bertz CT molecular complexity index is 369. The van der Waals surface area contributed by atoms with Crippen molar-refractivity contribution in [3.8, 4) is 0 Å². The van der Waals surface area contributed by atoms with Crippen LogP contribution in [0, 0.1) is 0 Å². The summed E-state index contributed by atoms with van der Waals surface area (Å²) in [6.07, 6.45) is 6.62. The zero-order chi connectivity index (χ0) is 10.8. The van der Waals surface area contributed by atoms with E-state index in [9.17, 15) is 0 Å². The van der Waals surface area contributed by atoms with Crippen LogP contribution in [0.2, 0.25) is 0 Å². The van der Waals surface area contributed by atoms with Crippen molar-refractivity contribution in [3.63, 3.8) is 0 Å². The van der Waals surface area contributed by atoms with Gasteiger partial charge in [-0.15, -0.1) is 0 Å². The molecule has 1 aromatic rings. The molecule has 1 aromatic carbocycles. The highest BCUT2D eigenvalue weighted by atomic mass is 32.2. The van der Waals surface area contributed by atoms with Crippen molar-refractivity contribution in [3.05, 3.63) is 29.3 Å². The minimum absolute atomic E-state index is 0.707. The molecule has 16 heavy (non-hydrogen) atoms. The van der Waals surface area contributed by atoms with E-state index in [-0.39, 0.29) is 0 Å². The summed E-state index contributed by atoms with van der Waals surface area (Å²) >= 11 is 2.08. The van der Waals surface area contributed by atoms with Crippen LogP contribution in [0.15, 0.2) is 18.2 Å². The van der Waals surface area contributed by atoms with E-state index in [4.69, 9.17) is 0 Å².